The van der Waals surface area contributed by atoms with Crippen LogP contribution in [0.2, 0.25) is 0 Å². The van der Waals surface area contributed by atoms with Gasteiger partial charge < -0.3 is 4.98 Å². The summed E-state index contributed by atoms with van der Waals surface area (Å²) in [5.74, 6) is 1.42. The Kier molecular flexibility index (Phi) is 3.78. The predicted molar refractivity (Wildman–Crippen MR) is 72.0 cm³/mol. The van der Waals surface area contributed by atoms with Crippen LogP contribution in [-0.2, 0) is 6.42 Å². The highest BCUT2D eigenvalue weighted by molar-refractivity contribution is 5.58. The molecule has 18 heavy (non-hydrogen) atoms. The number of imidazole rings is 1. The van der Waals surface area contributed by atoms with Crippen LogP contribution in [0.1, 0.15) is 37.6 Å². The zero-order chi connectivity index (χ0) is 13.0. The lowest BCUT2D eigenvalue weighted by Crippen LogP contribution is -1.88. The summed E-state index contributed by atoms with van der Waals surface area (Å²) >= 11 is 0. The fourth-order valence-corrected chi connectivity index (χ4v) is 1.86. The number of rotatable bonds is 4. The van der Waals surface area contributed by atoms with Crippen molar-refractivity contribution in [1.82, 2.24) is 9.97 Å². The third-order valence-electron chi connectivity index (χ3n) is 2.99. The Labute approximate surface area is 107 Å². The van der Waals surface area contributed by atoms with E-state index in [0.717, 1.165) is 17.1 Å². The molecule has 0 aliphatic rings. The van der Waals surface area contributed by atoms with Crippen LogP contribution >= 0.6 is 0 Å². The van der Waals surface area contributed by atoms with Gasteiger partial charge in [-0.05, 0) is 17.0 Å². The Hall–Kier alpha value is -2.08. The van der Waals surface area contributed by atoms with Gasteiger partial charge in [0, 0.05) is 12.8 Å². The Morgan fingerprint density at radius 3 is 2.61 bits per heavy atom. The SMILES string of the molecule is CC(C)c1ccc(-c2cnc(CCC#N)[nH]2)cc1. The van der Waals surface area contributed by atoms with Gasteiger partial charge in [-0.1, -0.05) is 38.1 Å². The predicted octanol–water partition coefficient (Wildman–Crippen LogP) is 3.66. The van der Waals surface area contributed by atoms with Gasteiger partial charge in [-0.2, -0.15) is 5.26 Å². The minimum Gasteiger partial charge on any atom is -0.342 e. The maximum Gasteiger partial charge on any atom is 0.107 e. The summed E-state index contributed by atoms with van der Waals surface area (Å²) in [7, 11) is 0. The van der Waals surface area contributed by atoms with Gasteiger partial charge in [0.05, 0.1) is 18.0 Å². The van der Waals surface area contributed by atoms with Crippen molar-refractivity contribution in [2.75, 3.05) is 0 Å². The van der Waals surface area contributed by atoms with Crippen LogP contribution in [0.25, 0.3) is 11.3 Å². The van der Waals surface area contributed by atoms with Gasteiger partial charge in [0.2, 0.25) is 0 Å². The second kappa shape index (κ2) is 5.50. The van der Waals surface area contributed by atoms with Crippen molar-refractivity contribution < 1.29 is 0 Å². The van der Waals surface area contributed by atoms with Crippen molar-refractivity contribution >= 4 is 0 Å². The number of benzene rings is 1. The highest BCUT2D eigenvalue weighted by Gasteiger charge is 2.04. The fraction of sp³-hybridized carbons (Fsp3) is 0.333. The normalized spacial score (nSPS) is 10.6. The molecule has 1 N–H and O–H groups in total. The van der Waals surface area contributed by atoms with E-state index in [0.29, 0.717) is 18.8 Å². The molecule has 1 heterocycles. The average molecular weight is 239 g/mol. The van der Waals surface area contributed by atoms with E-state index >= 15 is 0 Å². The molecule has 0 aliphatic carbocycles. The molecule has 0 unspecified atom stereocenters. The van der Waals surface area contributed by atoms with Crippen molar-refractivity contribution in [3.63, 3.8) is 0 Å². The quantitative estimate of drug-likeness (QED) is 0.885. The summed E-state index contributed by atoms with van der Waals surface area (Å²) in [5, 5.41) is 8.54. The van der Waals surface area contributed by atoms with Crippen molar-refractivity contribution in [1.29, 1.82) is 5.26 Å². The number of nitrogens with zero attached hydrogens (tertiary/aromatic N) is 2. The van der Waals surface area contributed by atoms with Crippen LogP contribution in [-0.4, -0.2) is 9.97 Å². The molecule has 0 atom stereocenters. The maximum absolute atomic E-state index is 8.54. The molecule has 3 nitrogen and oxygen atoms in total. The first-order valence-corrected chi connectivity index (χ1v) is 6.22. The first kappa shape index (κ1) is 12.4. The summed E-state index contributed by atoms with van der Waals surface area (Å²) in [6.45, 7) is 4.37. The van der Waals surface area contributed by atoms with Crippen molar-refractivity contribution in [2.45, 2.75) is 32.6 Å². The highest BCUT2D eigenvalue weighted by atomic mass is 14.9. The van der Waals surface area contributed by atoms with Crippen molar-refractivity contribution in [2.24, 2.45) is 0 Å². The van der Waals surface area contributed by atoms with E-state index in [4.69, 9.17) is 5.26 Å². The number of H-pyrrole nitrogens is 1. The molecule has 92 valence electrons. The largest absolute Gasteiger partial charge is 0.342 e. The maximum atomic E-state index is 8.54. The number of aromatic amines is 1. The molecule has 0 radical (unpaired) electrons. The summed E-state index contributed by atoms with van der Waals surface area (Å²) in [6.07, 6.45) is 3.01. The van der Waals surface area contributed by atoms with Gasteiger partial charge in [0.15, 0.2) is 0 Å². The number of nitriles is 1. The standard InChI is InChI=1S/C15H17N3/c1-11(2)12-5-7-13(8-6-12)14-10-17-15(18-14)4-3-9-16/h5-8,10-11H,3-4H2,1-2H3,(H,17,18). The Bertz CT molecular complexity index is 544. The minimum absolute atomic E-state index is 0.499. The Morgan fingerprint density at radius 2 is 2.00 bits per heavy atom. The minimum atomic E-state index is 0.499. The Balaban J connectivity index is 2.16. The second-order valence-electron chi connectivity index (χ2n) is 4.68. The third kappa shape index (κ3) is 2.78. The Morgan fingerprint density at radius 1 is 1.28 bits per heavy atom. The molecule has 0 saturated carbocycles. The highest BCUT2D eigenvalue weighted by Crippen LogP contribution is 2.21. The van der Waals surface area contributed by atoms with Gasteiger partial charge in [0.25, 0.3) is 0 Å². The molecule has 3 heteroatoms. The van der Waals surface area contributed by atoms with Crippen LogP contribution in [0.15, 0.2) is 30.5 Å². The zero-order valence-corrected chi connectivity index (χ0v) is 10.8. The molecule has 0 bridgehead atoms. The van der Waals surface area contributed by atoms with E-state index < -0.39 is 0 Å². The molecular formula is C15H17N3. The van der Waals surface area contributed by atoms with Crippen LogP contribution in [0, 0.1) is 11.3 Å². The smallest absolute Gasteiger partial charge is 0.107 e. The third-order valence-corrected chi connectivity index (χ3v) is 2.99. The number of aryl methyl sites for hydroxylation is 1. The summed E-state index contributed by atoms with van der Waals surface area (Å²) in [4.78, 5) is 7.53. The van der Waals surface area contributed by atoms with Gasteiger partial charge in [-0.15, -0.1) is 0 Å². The molecule has 0 fully saturated rings. The van der Waals surface area contributed by atoms with Gasteiger partial charge in [-0.25, -0.2) is 4.98 Å². The molecule has 1 aromatic carbocycles. The molecular weight excluding hydrogens is 222 g/mol. The lowest BCUT2D eigenvalue weighted by molar-refractivity contribution is 0.867. The fourth-order valence-electron chi connectivity index (χ4n) is 1.86. The van der Waals surface area contributed by atoms with E-state index in [9.17, 15) is 0 Å². The second-order valence-corrected chi connectivity index (χ2v) is 4.68. The monoisotopic (exact) mass is 239 g/mol. The van der Waals surface area contributed by atoms with Crippen LogP contribution in [0.4, 0.5) is 0 Å². The van der Waals surface area contributed by atoms with Crippen molar-refractivity contribution in [3.05, 3.63) is 41.9 Å². The molecule has 1 aromatic heterocycles. The van der Waals surface area contributed by atoms with Gasteiger partial charge in [-0.3, -0.25) is 0 Å². The van der Waals surface area contributed by atoms with E-state index in [2.05, 4.69) is 54.2 Å². The number of hydrogen-bond acceptors (Lipinski definition) is 2. The summed E-state index contributed by atoms with van der Waals surface area (Å²) in [6, 6.07) is 10.6. The van der Waals surface area contributed by atoms with Gasteiger partial charge >= 0.3 is 0 Å². The van der Waals surface area contributed by atoms with E-state index in [-0.39, 0.29) is 0 Å². The van der Waals surface area contributed by atoms with Crippen molar-refractivity contribution in [3.8, 4) is 17.3 Å². The summed E-state index contributed by atoms with van der Waals surface area (Å²) < 4.78 is 0. The van der Waals surface area contributed by atoms with Gasteiger partial charge in [0.1, 0.15) is 5.82 Å². The average Bonchev–Trinajstić information content (AvgIpc) is 2.85. The van der Waals surface area contributed by atoms with Crippen LogP contribution < -0.4 is 0 Å². The molecule has 0 spiro atoms. The molecule has 0 aliphatic heterocycles. The lowest BCUT2D eigenvalue weighted by Gasteiger charge is -2.05. The molecule has 0 saturated heterocycles. The lowest BCUT2D eigenvalue weighted by atomic mass is 10.0. The van der Waals surface area contributed by atoms with E-state index in [1.807, 2.05) is 6.20 Å². The number of hydrogen-bond donors (Lipinski definition) is 1. The van der Waals surface area contributed by atoms with E-state index in [1.165, 1.54) is 5.56 Å². The van der Waals surface area contributed by atoms with Crippen LogP contribution in [0.5, 0.6) is 0 Å². The van der Waals surface area contributed by atoms with E-state index in [1.54, 1.807) is 0 Å². The van der Waals surface area contributed by atoms with Crippen LogP contribution in [0.3, 0.4) is 0 Å². The first-order chi connectivity index (χ1) is 8.70. The number of nitrogens with one attached hydrogen (secondary N) is 1. The topological polar surface area (TPSA) is 52.5 Å². The molecule has 0 amide bonds. The first-order valence-electron chi connectivity index (χ1n) is 6.22. The zero-order valence-electron chi connectivity index (χ0n) is 10.8. The summed E-state index contributed by atoms with van der Waals surface area (Å²) in [5.41, 5.74) is 3.48. The molecule has 2 rings (SSSR count). The number of aromatic nitrogens is 2. The molecule has 2 aromatic rings.